The number of carboxylic acid groups (broad SMARTS) is 1. The first-order valence-electron chi connectivity index (χ1n) is 5.04. The van der Waals surface area contributed by atoms with Gasteiger partial charge < -0.3 is 14.1 Å². The topological polar surface area (TPSA) is 110 Å². The number of carbonyl (C=O) groups excluding carboxylic acids is 1. The first-order valence-corrected chi connectivity index (χ1v) is 5.04. The highest BCUT2D eigenvalue weighted by atomic mass is 16.4. The first kappa shape index (κ1) is 11.8. The van der Waals surface area contributed by atoms with Gasteiger partial charge in [-0.2, -0.15) is 0 Å². The summed E-state index contributed by atoms with van der Waals surface area (Å²) in [6.45, 7) is 1.30. The molecule has 2 heterocycles. The van der Waals surface area contributed by atoms with Crippen LogP contribution in [0.3, 0.4) is 0 Å². The maximum atomic E-state index is 11.8. The second kappa shape index (κ2) is 4.70. The molecule has 0 aliphatic heterocycles. The highest BCUT2D eigenvalue weighted by Crippen LogP contribution is 2.08. The largest absolute Gasteiger partial charge is 0.480 e. The van der Waals surface area contributed by atoms with E-state index in [1.54, 1.807) is 13.0 Å². The van der Waals surface area contributed by atoms with Crippen LogP contribution in [0.1, 0.15) is 16.4 Å². The lowest BCUT2D eigenvalue weighted by Crippen LogP contribution is -2.19. The van der Waals surface area contributed by atoms with Gasteiger partial charge in [-0.3, -0.25) is 14.9 Å². The molecule has 2 aromatic rings. The van der Waals surface area contributed by atoms with Gasteiger partial charge in [-0.25, -0.2) is 0 Å². The molecule has 8 heteroatoms. The number of aliphatic carboxylic acids is 1. The first-order chi connectivity index (χ1) is 8.56. The fraction of sp³-hybridized carbons (Fsp3) is 0.200. The van der Waals surface area contributed by atoms with Gasteiger partial charge in [-0.15, -0.1) is 5.10 Å². The monoisotopic (exact) mass is 250 g/mol. The summed E-state index contributed by atoms with van der Waals surface area (Å²) in [4.78, 5) is 22.4. The van der Waals surface area contributed by atoms with Gasteiger partial charge in [-0.05, 0) is 12.1 Å². The smallest absolute Gasteiger partial charge is 0.323 e. The Kier molecular flexibility index (Phi) is 3.09. The van der Waals surface area contributed by atoms with Crippen LogP contribution in [-0.2, 0) is 11.3 Å². The van der Waals surface area contributed by atoms with Crippen molar-refractivity contribution in [2.24, 2.45) is 0 Å². The fourth-order valence-electron chi connectivity index (χ4n) is 1.41. The second-order valence-corrected chi connectivity index (χ2v) is 3.50. The summed E-state index contributed by atoms with van der Waals surface area (Å²) in [5.41, 5.74) is 0.202. The highest BCUT2D eigenvalue weighted by Gasteiger charge is 2.15. The van der Waals surface area contributed by atoms with Gasteiger partial charge in [0.2, 0.25) is 5.89 Å². The van der Waals surface area contributed by atoms with Crippen molar-refractivity contribution in [1.29, 1.82) is 0 Å². The SMILES string of the molecule is Cc1nnc(NC(=O)c2cccn2CC(=O)O)o1. The number of hydrogen-bond acceptors (Lipinski definition) is 5. The summed E-state index contributed by atoms with van der Waals surface area (Å²) in [5, 5.41) is 18.2. The Morgan fingerprint density at radius 1 is 1.50 bits per heavy atom. The molecule has 18 heavy (non-hydrogen) atoms. The molecule has 0 aromatic carbocycles. The predicted molar refractivity (Wildman–Crippen MR) is 59.1 cm³/mol. The van der Waals surface area contributed by atoms with Crippen molar-refractivity contribution in [2.45, 2.75) is 13.5 Å². The summed E-state index contributed by atoms with van der Waals surface area (Å²) in [5.74, 6) is -1.22. The van der Waals surface area contributed by atoms with E-state index >= 15 is 0 Å². The Morgan fingerprint density at radius 2 is 2.28 bits per heavy atom. The average molecular weight is 250 g/mol. The number of hydrogen-bond donors (Lipinski definition) is 2. The summed E-state index contributed by atoms with van der Waals surface area (Å²) in [7, 11) is 0. The van der Waals surface area contributed by atoms with E-state index in [1.165, 1.54) is 16.8 Å². The standard InChI is InChI=1S/C10H10N4O4/c1-6-12-13-10(18-6)11-9(17)7-3-2-4-14(7)5-8(15)16/h2-4H,5H2,1H3,(H,15,16)(H,11,13,17). The molecule has 0 aliphatic rings. The lowest BCUT2D eigenvalue weighted by atomic mass is 10.4. The molecule has 0 spiro atoms. The number of aromatic nitrogens is 3. The van der Waals surface area contributed by atoms with Gasteiger partial charge in [0, 0.05) is 13.1 Å². The Morgan fingerprint density at radius 3 is 2.89 bits per heavy atom. The number of nitrogens with zero attached hydrogens (tertiary/aromatic N) is 3. The molecule has 2 aromatic heterocycles. The van der Waals surface area contributed by atoms with Crippen LogP contribution in [0.25, 0.3) is 0 Å². The zero-order valence-electron chi connectivity index (χ0n) is 9.45. The molecule has 1 amide bonds. The van der Waals surface area contributed by atoms with Crippen LogP contribution in [0.2, 0.25) is 0 Å². The molecule has 0 fully saturated rings. The molecule has 0 saturated carbocycles. The van der Waals surface area contributed by atoms with E-state index in [-0.39, 0.29) is 18.3 Å². The van der Waals surface area contributed by atoms with E-state index in [0.717, 1.165) is 0 Å². The number of anilines is 1. The van der Waals surface area contributed by atoms with Crippen molar-refractivity contribution in [3.8, 4) is 0 Å². The van der Waals surface area contributed by atoms with E-state index in [0.29, 0.717) is 5.89 Å². The van der Waals surface area contributed by atoms with Crippen LogP contribution in [0.15, 0.2) is 22.7 Å². The second-order valence-electron chi connectivity index (χ2n) is 3.50. The highest BCUT2D eigenvalue weighted by molar-refractivity contribution is 6.02. The van der Waals surface area contributed by atoms with E-state index < -0.39 is 11.9 Å². The van der Waals surface area contributed by atoms with Crippen molar-refractivity contribution >= 4 is 17.9 Å². The van der Waals surface area contributed by atoms with Crippen molar-refractivity contribution in [2.75, 3.05) is 5.32 Å². The van der Waals surface area contributed by atoms with Crippen molar-refractivity contribution < 1.29 is 19.1 Å². The molecule has 94 valence electrons. The molecule has 2 N–H and O–H groups in total. The third-order valence-electron chi connectivity index (χ3n) is 2.11. The number of carbonyl (C=O) groups is 2. The minimum absolute atomic E-state index is 0.0272. The van der Waals surface area contributed by atoms with E-state index in [2.05, 4.69) is 15.5 Å². The van der Waals surface area contributed by atoms with Crippen LogP contribution in [0.4, 0.5) is 6.01 Å². The van der Waals surface area contributed by atoms with Gasteiger partial charge in [0.05, 0.1) is 0 Å². The minimum Gasteiger partial charge on any atom is -0.480 e. The zero-order chi connectivity index (χ0) is 13.1. The maximum Gasteiger partial charge on any atom is 0.323 e. The molecule has 0 atom stereocenters. The molecule has 8 nitrogen and oxygen atoms in total. The fourth-order valence-corrected chi connectivity index (χ4v) is 1.41. The third-order valence-corrected chi connectivity index (χ3v) is 2.11. The Labute approximate surface area is 101 Å². The van der Waals surface area contributed by atoms with Crippen molar-refractivity contribution in [3.05, 3.63) is 29.9 Å². The summed E-state index contributed by atoms with van der Waals surface area (Å²) >= 11 is 0. The van der Waals surface area contributed by atoms with Gasteiger partial charge in [0.25, 0.3) is 5.91 Å². The Balaban J connectivity index is 2.14. The number of nitrogens with one attached hydrogen (secondary N) is 1. The summed E-state index contributed by atoms with van der Waals surface area (Å²) in [6.07, 6.45) is 1.50. The van der Waals surface area contributed by atoms with Crippen LogP contribution >= 0.6 is 0 Å². The van der Waals surface area contributed by atoms with Gasteiger partial charge in [0.15, 0.2) is 0 Å². The lowest BCUT2D eigenvalue weighted by Gasteiger charge is -2.04. The quantitative estimate of drug-likeness (QED) is 0.818. The molecule has 0 radical (unpaired) electrons. The van der Waals surface area contributed by atoms with E-state index in [1.807, 2.05) is 0 Å². The zero-order valence-corrected chi connectivity index (χ0v) is 9.45. The van der Waals surface area contributed by atoms with Crippen molar-refractivity contribution in [1.82, 2.24) is 14.8 Å². The molecule has 2 rings (SSSR count). The van der Waals surface area contributed by atoms with Crippen LogP contribution in [0.5, 0.6) is 0 Å². The molecule has 0 saturated heterocycles. The number of carboxylic acids is 1. The van der Waals surface area contributed by atoms with Crippen LogP contribution < -0.4 is 5.32 Å². The number of aryl methyl sites for hydroxylation is 1. The Hall–Kier alpha value is -2.64. The summed E-state index contributed by atoms with van der Waals surface area (Å²) in [6, 6.07) is 3.05. The van der Waals surface area contributed by atoms with Crippen molar-refractivity contribution in [3.63, 3.8) is 0 Å². The van der Waals surface area contributed by atoms with Crippen LogP contribution in [-0.4, -0.2) is 31.7 Å². The number of amides is 1. The number of rotatable bonds is 4. The van der Waals surface area contributed by atoms with Gasteiger partial charge in [-0.1, -0.05) is 5.10 Å². The molecular weight excluding hydrogens is 240 g/mol. The van der Waals surface area contributed by atoms with Crippen LogP contribution in [0, 0.1) is 6.92 Å². The van der Waals surface area contributed by atoms with E-state index in [9.17, 15) is 9.59 Å². The average Bonchev–Trinajstić information content (AvgIpc) is 2.87. The molecule has 0 unspecified atom stereocenters. The van der Waals surface area contributed by atoms with Gasteiger partial charge in [0.1, 0.15) is 12.2 Å². The minimum atomic E-state index is -1.03. The molecule has 0 aliphatic carbocycles. The summed E-state index contributed by atoms with van der Waals surface area (Å²) < 4.78 is 6.30. The Bertz CT molecular complexity index is 586. The maximum absolute atomic E-state index is 11.8. The lowest BCUT2D eigenvalue weighted by molar-refractivity contribution is -0.137. The molecule has 0 bridgehead atoms. The normalized spacial score (nSPS) is 10.3. The predicted octanol–water partition coefficient (Wildman–Crippen LogP) is 0.516. The third kappa shape index (κ3) is 2.54. The van der Waals surface area contributed by atoms with E-state index in [4.69, 9.17) is 9.52 Å². The van der Waals surface area contributed by atoms with Gasteiger partial charge >= 0.3 is 12.0 Å². The molecular formula is C10H10N4O4.